The fraction of sp³-hybridized carbons (Fsp3) is 0.500. The van der Waals surface area contributed by atoms with E-state index >= 15 is 0 Å². The summed E-state index contributed by atoms with van der Waals surface area (Å²) in [5.74, 6) is 2.47. The Morgan fingerprint density at radius 1 is 1.31 bits per heavy atom. The molecule has 16 heavy (non-hydrogen) atoms. The Kier molecular flexibility index (Phi) is 6.26. The molecule has 0 aliphatic rings. The van der Waals surface area contributed by atoms with Crippen LogP contribution in [-0.2, 0) is 0 Å². The van der Waals surface area contributed by atoms with Gasteiger partial charge in [-0.3, -0.25) is 0 Å². The smallest absolute Gasteiger partial charge is 0.123 e. The maximum atomic E-state index is 12.6. The number of nitrogens with two attached hydrogens (primary N) is 1. The van der Waals surface area contributed by atoms with Crippen molar-refractivity contribution < 1.29 is 9.13 Å². The van der Waals surface area contributed by atoms with Gasteiger partial charge in [0.25, 0.3) is 0 Å². The second-order valence-electron chi connectivity index (χ2n) is 3.68. The summed E-state index contributed by atoms with van der Waals surface area (Å²) in [5, 5.41) is 0. The van der Waals surface area contributed by atoms with Gasteiger partial charge in [0.05, 0.1) is 6.61 Å². The number of benzene rings is 1. The van der Waals surface area contributed by atoms with Crippen molar-refractivity contribution >= 4 is 11.8 Å². The molecule has 0 saturated heterocycles. The average Bonchev–Trinajstić information content (AvgIpc) is 2.25. The Hall–Kier alpha value is -0.740. The van der Waals surface area contributed by atoms with Gasteiger partial charge in [-0.1, -0.05) is 0 Å². The van der Waals surface area contributed by atoms with E-state index in [1.807, 2.05) is 18.7 Å². The molecule has 0 bridgehead atoms. The van der Waals surface area contributed by atoms with E-state index in [4.69, 9.17) is 10.5 Å². The molecule has 0 spiro atoms. The molecule has 0 radical (unpaired) electrons. The molecular weight excluding hydrogens is 225 g/mol. The van der Waals surface area contributed by atoms with Gasteiger partial charge in [-0.05, 0) is 43.4 Å². The first-order valence-corrected chi connectivity index (χ1v) is 6.55. The summed E-state index contributed by atoms with van der Waals surface area (Å²) in [6.45, 7) is 2.66. The number of thioether (sulfide) groups is 1. The second-order valence-corrected chi connectivity index (χ2v) is 4.91. The van der Waals surface area contributed by atoms with Crippen LogP contribution in [0.1, 0.15) is 13.3 Å². The van der Waals surface area contributed by atoms with Gasteiger partial charge in [0, 0.05) is 11.8 Å². The van der Waals surface area contributed by atoms with Gasteiger partial charge in [-0.25, -0.2) is 4.39 Å². The van der Waals surface area contributed by atoms with E-state index < -0.39 is 0 Å². The highest BCUT2D eigenvalue weighted by Gasteiger charge is 1.96. The van der Waals surface area contributed by atoms with Gasteiger partial charge in [0.2, 0.25) is 0 Å². The molecule has 4 heteroatoms. The maximum Gasteiger partial charge on any atom is 0.123 e. The molecule has 0 aliphatic carbocycles. The Morgan fingerprint density at radius 3 is 2.62 bits per heavy atom. The third-order valence-electron chi connectivity index (χ3n) is 2.03. The molecule has 0 heterocycles. The van der Waals surface area contributed by atoms with Crippen LogP contribution in [0.15, 0.2) is 24.3 Å². The predicted octanol–water partition coefficient (Wildman–Crippen LogP) is 2.68. The Bertz CT molecular complexity index is 290. The topological polar surface area (TPSA) is 35.2 Å². The van der Waals surface area contributed by atoms with Gasteiger partial charge < -0.3 is 10.5 Å². The van der Waals surface area contributed by atoms with E-state index in [2.05, 4.69) is 0 Å². The Labute approximate surface area is 100 Å². The van der Waals surface area contributed by atoms with E-state index in [-0.39, 0.29) is 11.9 Å². The van der Waals surface area contributed by atoms with Crippen molar-refractivity contribution in [3.05, 3.63) is 30.1 Å². The third-order valence-corrected chi connectivity index (χ3v) is 3.01. The van der Waals surface area contributed by atoms with Crippen molar-refractivity contribution in [2.75, 3.05) is 18.1 Å². The molecule has 0 aliphatic heterocycles. The summed E-state index contributed by atoms with van der Waals surface area (Å²) < 4.78 is 18.0. The minimum absolute atomic E-state index is 0.237. The monoisotopic (exact) mass is 243 g/mol. The summed E-state index contributed by atoms with van der Waals surface area (Å²) in [6.07, 6.45) is 1.03. The molecule has 2 nitrogen and oxygen atoms in total. The fourth-order valence-corrected chi connectivity index (χ4v) is 2.06. The quantitative estimate of drug-likeness (QED) is 0.748. The largest absolute Gasteiger partial charge is 0.493 e. The molecule has 1 aromatic carbocycles. The lowest BCUT2D eigenvalue weighted by atomic mass is 10.3. The highest BCUT2D eigenvalue weighted by molar-refractivity contribution is 7.99. The molecule has 0 aromatic heterocycles. The van der Waals surface area contributed by atoms with Gasteiger partial charge in [-0.15, -0.1) is 0 Å². The average molecular weight is 243 g/mol. The highest BCUT2D eigenvalue weighted by atomic mass is 32.2. The van der Waals surface area contributed by atoms with Crippen LogP contribution in [0, 0.1) is 5.82 Å². The van der Waals surface area contributed by atoms with E-state index in [9.17, 15) is 4.39 Å². The van der Waals surface area contributed by atoms with Crippen LogP contribution in [0.2, 0.25) is 0 Å². The van der Waals surface area contributed by atoms with Gasteiger partial charge >= 0.3 is 0 Å². The van der Waals surface area contributed by atoms with Crippen LogP contribution in [0.5, 0.6) is 5.75 Å². The zero-order valence-corrected chi connectivity index (χ0v) is 10.3. The number of ether oxygens (including phenoxy) is 1. The SMILES string of the molecule is CC(N)CCSCCOc1ccc(F)cc1. The zero-order chi connectivity index (χ0) is 11.8. The van der Waals surface area contributed by atoms with Gasteiger partial charge in [0.15, 0.2) is 0 Å². The molecule has 0 fully saturated rings. The van der Waals surface area contributed by atoms with Crippen molar-refractivity contribution in [2.45, 2.75) is 19.4 Å². The van der Waals surface area contributed by atoms with Crippen molar-refractivity contribution in [1.82, 2.24) is 0 Å². The lowest BCUT2D eigenvalue weighted by Crippen LogP contribution is -2.15. The van der Waals surface area contributed by atoms with Crippen molar-refractivity contribution in [3.63, 3.8) is 0 Å². The van der Waals surface area contributed by atoms with Crippen LogP contribution >= 0.6 is 11.8 Å². The first kappa shape index (κ1) is 13.3. The molecule has 90 valence electrons. The van der Waals surface area contributed by atoms with Crippen molar-refractivity contribution in [1.29, 1.82) is 0 Å². The summed E-state index contributed by atoms with van der Waals surface area (Å²) in [7, 11) is 0. The summed E-state index contributed by atoms with van der Waals surface area (Å²) in [6, 6.07) is 6.35. The normalized spacial score (nSPS) is 12.4. The fourth-order valence-electron chi connectivity index (χ4n) is 1.12. The van der Waals surface area contributed by atoms with Crippen LogP contribution in [0.25, 0.3) is 0 Å². The summed E-state index contributed by atoms with van der Waals surface area (Å²) >= 11 is 1.82. The zero-order valence-electron chi connectivity index (χ0n) is 9.49. The van der Waals surface area contributed by atoms with E-state index in [0.717, 1.165) is 17.9 Å². The highest BCUT2D eigenvalue weighted by Crippen LogP contribution is 2.12. The summed E-state index contributed by atoms with van der Waals surface area (Å²) in [4.78, 5) is 0. The number of hydrogen-bond acceptors (Lipinski definition) is 3. The standard InChI is InChI=1S/C12H18FNOS/c1-10(14)6-8-16-9-7-15-12-4-2-11(13)3-5-12/h2-5,10H,6-9,14H2,1H3. The first-order valence-electron chi connectivity index (χ1n) is 5.40. The molecule has 1 aromatic rings. The summed E-state index contributed by atoms with van der Waals surface area (Å²) in [5.41, 5.74) is 5.63. The van der Waals surface area contributed by atoms with E-state index in [1.165, 1.54) is 12.1 Å². The Balaban J connectivity index is 2.05. The molecule has 1 unspecified atom stereocenters. The van der Waals surface area contributed by atoms with E-state index in [0.29, 0.717) is 12.4 Å². The lowest BCUT2D eigenvalue weighted by Gasteiger charge is -2.06. The number of hydrogen-bond donors (Lipinski definition) is 1. The van der Waals surface area contributed by atoms with E-state index in [1.54, 1.807) is 12.1 Å². The van der Waals surface area contributed by atoms with Gasteiger partial charge in [-0.2, -0.15) is 11.8 Å². The molecule has 1 atom stereocenters. The predicted molar refractivity (Wildman–Crippen MR) is 67.5 cm³/mol. The second kappa shape index (κ2) is 7.52. The van der Waals surface area contributed by atoms with Gasteiger partial charge in [0.1, 0.15) is 11.6 Å². The maximum absolute atomic E-state index is 12.6. The molecule has 1 rings (SSSR count). The Morgan fingerprint density at radius 2 is 2.00 bits per heavy atom. The van der Waals surface area contributed by atoms with Crippen LogP contribution < -0.4 is 10.5 Å². The lowest BCUT2D eigenvalue weighted by molar-refractivity contribution is 0.343. The first-order chi connectivity index (χ1) is 7.68. The number of halogens is 1. The van der Waals surface area contributed by atoms with Crippen LogP contribution in [-0.4, -0.2) is 24.2 Å². The molecule has 0 amide bonds. The molecular formula is C12H18FNOS. The van der Waals surface area contributed by atoms with Crippen LogP contribution in [0.3, 0.4) is 0 Å². The minimum Gasteiger partial charge on any atom is -0.493 e. The molecule has 0 saturated carbocycles. The third kappa shape index (κ3) is 5.98. The van der Waals surface area contributed by atoms with Crippen LogP contribution in [0.4, 0.5) is 4.39 Å². The van der Waals surface area contributed by atoms with Crippen molar-refractivity contribution in [3.8, 4) is 5.75 Å². The molecule has 2 N–H and O–H groups in total. The minimum atomic E-state index is -0.237. The van der Waals surface area contributed by atoms with Crippen molar-refractivity contribution in [2.24, 2.45) is 5.73 Å². The number of rotatable bonds is 7.